The number of aromatic nitrogens is 3. The van der Waals surface area contributed by atoms with Crippen LogP contribution in [0.2, 0.25) is 0 Å². The summed E-state index contributed by atoms with van der Waals surface area (Å²) in [6.07, 6.45) is 7.14. The van der Waals surface area contributed by atoms with Crippen LogP contribution >= 0.6 is 0 Å². The SMILES string of the molecule is COc1ncc(-c2cnccc2C=O)cn1. The molecule has 0 aromatic carbocycles. The molecule has 0 atom stereocenters. The molecular weight excluding hydrogens is 206 g/mol. The molecule has 0 unspecified atom stereocenters. The Bertz CT molecular complexity index is 497. The van der Waals surface area contributed by atoms with Gasteiger partial charge in [0.25, 0.3) is 0 Å². The van der Waals surface area contributed by atoms with Crippen molar-refractivity contribution in [2.45, 2.75) is 0 Å². The quantitative estimate of drug-likeness (QED) is 0.723. The second kappa shape index (κ2) is 4.48. The van der Waals surface area contributed by atoms with E-state index in [4.69, 9.17) is 4.74 Å². The number of aldehydes is 1. The number of rotatable bonds is 3. The lowest BCUT2D eigenvalue weighted by Gasteiger charge is -2.03. The molecule has 2 aromatic heterocycles. The fourth-order valence-corrected chi connectivity index (χ4v) is 1.31. The number of pyridine rings is 1. The maximum absolute atomic E-state index is 10.8. The van der Waals surface area contributed by atoms with Crippen molar-refractivity contribution in [1.82, 2.24) is 15.0 Å². The first-order valence-electron chi connectivity index (χ1n) is 4.60. The zero-order valence-corrected chi connectivity index (χ0v) is 8.62. The predicted molar refractivity (Wildman–Crippen MR) is 57.2 cm³/mol. The molecule has 0 radical (unpaired) electrons. The van der Waals surface area contributed by atoms with Crippen LogP contribution in [0.25, 0.3) is 11.1 Å². The molecule has 0 saturated heterocycles. The number of carbonyl (C=O) groups is 1. The molecule has 0 amide bonds. The summed E-state index contributed by atoms with van der Waals surface area (Å²) in [5.41, 5.74) is 2.00. The third kappa shape index (κ3) is 1.88. The Kier molecular flexibility index (Phi) is 2.86. The maximum atomic E-state index is 10.8. The molecule has 0 N–H and O–H groups in total. The van der Waals surface area contributed by atoms with E-state index in [-0.39, 0.29) is 0 Å². The minimum absolute atomic E-state index is 0.292. The van der Waals surface area contributed by atoms with Gasteiger partial charge in [0.05, 0.1) is 7.11 Å². The number of hydrogen-bond donors (Lipinski definition) is 0. The predicted octanol–water partition coefficient (Wildman–Crippen LogP) is 1.36. The standard InChI is InChI=1S/C11H9N3O2/c1-16-11-13-4-9(5-14-11)10-6-12-3-2-8(10)7-15/h2-7H,1H3. The number of ether oxygens (including phenoxy) is 1. The van der Waals surface area contributed by atoms with E-state index < -0.39 is 0 Å². The lowest BCUT2D eigenvalue weighted by molar-refractivity contribution is 0.112. The Hall–Kier alpha value is -2.30. The van der Waals surface area contributed by atoms with Crippen LogP contribution in [0.15, 0.2) is 30.9 Å². The van der Waals surface area contributed by atoms with Gasteiger partial charge in [0.2, 0.25) is 0 Å². The number of carbonyl (C=O) groups excluding carboxylic acids is 1. The highest BCUT2D eigenvalue weighted by Crippen LogP contribution is 2.20. The van der Waals surface area contributed by atoms with Gasteiger partial charge >= 0.3 is 6.01 Å². The molecule has 2 aromatic rings. The fraction of sp³-hybridized carbons (Fsp3) is 0.0909. The summed E-state index contributed by atoms with van der Waals surface area (Å²) in [6.45, 7) is 0. The average molecular weight is 215 g/mol. The molecule has 2 rings (SSSR count). The summed E-state index contributed by atoms with van der Waals surface area (Å²) < 4.78 is 4.85. The number of methoxy groups -OCH3 is 1. The van der Waals surface area contributed by atoms with Crippen LogP contribution in [0.5, 0.6) is 6.01 Å². The van der Waals surface area contributed by atoms with Crippen molar-refractivity contribution in [3.05, 3.63) is 36.4 Å². The summed E-state index contributed by atoms with van der Waals surface area (Å²) in [7, 11) is 1.50. The summed E-state index contributed by atoms with van der Waals surface area (Å²) in [6, 6.07) is 1.94. The molecule has 0 bridgehead atoms. The molecule has 16 heavy (non-hydrogen) atoms. The lowest BCUT2D eigenvalue weighted by Crippen LogP contribution is -1.94. The Morgan fingerprint density at radius 3 is 2.62 bits per heavy atom. The van der Waals surface area contributed by atoms with Crippen LogP contribution in [0.4, 0.5) is 0 Å². The highest BCUT2D eigenvalue weighted by atomic mass is 16.5. The van der Waals surface area contributed by atoms with Crippen LogP contribution < -0.4 is 4.74 Å². The van der Waals surface area contributed by atoms with E-state index in [1.807, 2.05) is 0 Å². The third-order valence-corrected chi connectivity index (χ3v) is 2.10. The number of hydrogen-bond acceptors (Lipinski definition) is 5. The molecule has 80 valence electrons. The summed E-state index contributed by atoms with van der Waals surface area (Å²) in [4.78, 5) is 22.7. The monoisotopic (exact) mass is 215 g/mol. The Balaban J connectivity index is 2.46. The van der Waals surface area contributed by atoms with Gasteiger partial charge in [0, 0.05) is 41.5 Å². The minimum atomic E-state index is 0.292. The van der Waals surface area contributed by atoms with E-state index >= 15 is 0 Å². The molecule has 0 spiro atoms. The van der Waals surface area contributed by atoms with Crippen LogP contribution in [0.1, 0.15) is 10.4 Å². The summed E-state index contributed by atoms with van der Waals surface area (Å²) in [5.74, 6) is 0. The van der Waals surface area contributed by atoms with Crippen LogP contribution in [-0.4, -0.2) is 28.3 Å². The van der Waals surface area contributed by atoms with E-state index in [2.05, 4.69) is 15.0 Å². The minimum Gasteiger partial charge on any atom is -0.467 e. The molecule has 0 saturated carbocycles. The molecule has 2 heterocycles. The molecule has 0 aliphatic rings. The van der Waals surface area contributed by atoms with Crippen LogP contribution in [0, 0.1) is 0 Å². The highest BCUT2D eigenvalue weighted by Gasteiger charge is 2.05. The van der Waals surface area contributed by atoms with E-state index in [9.17, 15) is 4.79 Å². The Morgan fingerprint density at radius 2 is 2.00 bits per heavy atom. The van der Waals surface area contributed by atoms with Crippen molar-refractivity contribution in [2.75, 3.05) is 7.11 Å². The molecule has 0 aliphatic carbocycles. The average Bonchev–Trinajstić information content (AvgIpc) is 2.39. The van der Waals surface area contributed by atoms with Gasteiger partial charge in [0.1, 0.15) is 0 Å². The highest BCUT2D eigenvalue weighted by molar-refractivity contribution is 5.86. The number of nitrogens with zero attached hydrogens (tertiary/aromatic N) is 3. The van der Waals surface area contributed by atoms with Gasteiger partial charge < -0.3 is 4.74 Å². The normalized spacial score (nSPS) is 9.81. The molecule has 0 fully saturated rings. The largest absolute Gasteiger partial charge is 0.467 e. The van der Waals surface area contributed by atoms with E-state index in [0.29, 0.717) is 17.1 Å². The van der Waals surface area contributed by atoms with Crippen molar-refractivity contribution < 1.29 is 9.53 Å². The van der Waals surface area contributed by atoms with Crippen molar-refractivity contribution in [3.8, 4) is 17.1 Å². The molecular formula is C11H9N3O2. The van der Waals surface area contributed by atoms with Crippen LogP contribution in [-0.2, 0) is 0 Å². The van der Waals surface area contributed by atoms with Gasteiger partial charge in [-0.2, -0.15) is 0 Å². The van der Waals surface area contributed by atoms with Gasteiger partial charge in [-0.1, -0.05) is 0 Å². The van der Waals surface area contributed by atoms with Gasteiger partial charge in [-0.05, 0) is 6.07 Å². The second-order valence-corrected chi connectivity index (χ2v) is 3.04. The van der Waals surface area contributed by atoms with Crippen molar-refractivity contribution >= 4 is 6.29 Å². The first-order valence-corrected chi connectivity index (χ1v) is 4.60. The van der Waals surface area contributed by atoms with Gasteiger partial charge in [-0.15, -0.1) is 0 Å². The summed E-state index contributed by atoms with van der Waals surface area (Å²) in [5, 5.41) is 0. The summed E-state index contributed by atoms with van der Waals surface area (Å²) >= 11 is 0. The van der Waals surface area contributed by atoms with Gasteiger partial charge in [-0.25, -0.2) is 9.97 Å². The zero-order valence-electron chi connectivity index (χ0n) is 8.62. The van der Waals surface area contributed by atoms with Crippen molar-refractivity contribution in [1.29, 1.82) is 0 Å². The second-order valence-electron chi connectivity index (χ2n) is 3.04. The zero-order chi connectivity index (χ0) is 11.4. The van der Waals surface area contributed by atoms with Crippen LogP contribution in [0.3, 0.4) is 0 Å². The smallest absolute Gasteiger partial charge is 0.316 e. The first kappa shape index (κ1) is 10.2. The first-order chi connectivity index (χ1) is 7.85. The van der Waals surface area contributed by atoms with E-state index in [1.165, 1.54) is 7.11 Å². The topological polar surface area (TPSA) is 65.0 Å². The van der Waals surface area contributed by atoms with E-state index in [1.54, 1.807) is 30.9 Å². The van der Waals surface area contributed by atoms with Crippen molar-refractivity contribution in [2.24, 2.45) is 0 Å². The van der Waals surface area contributed by atoms with E-state index in [0.717, 1.165) is 11.8 Å². The van der Waals surface area contributed by atoms with Crippen molar-refractivity contribution in [3.63, 3.8) is 0 Å². The molecule has 5 heteroatoms. The Labute approximate surface area is 92.2 Å². The lowest BCUT2D eigenvalue weighted by atomic mass is 10.1. The maximum Gasteiger partial charge on any atom is 0.316 e. The molecule has 5 nitrogen and oxygen atoms in total. The van der Waals surface area contributed by atoms with Gasteiger partial charge in [0.15, 0.2) is 6.29 Å². The Morgan fingerprint density at radius 1 is 1.25 bits per heavy atom. The van der Waals surface area contributed by atoms with Gasteiger partial charge in [-0.3, -0.25) is 9.78 Å². The molecule has 0 aliphatic heterocycles. The fourth-order valence-electron chi connectivity index (χ4n) is 1.31. The third-order valence-electron chi connectivity index (χ3n) is 2.10.